The highest BCUT2D eigenvalue weighted by molar-refractivity contribution is 6.31. The molecule has 2 rings (SSSR count). The molecule has 0 atom stereocenters. The normalized spacial score (nSPS) is 10.4. The van der Waals surface area contributed by atoms with E-state index in [1.54, 1.807) is 31.5 Å². The number of pyridine rings is 1. The average molecular weight is 308 g/mol. The van der Waals surface area contributed by atoms with Gasteiger partial charge in [0.05, 0.1) is 18.7 Å². The minimum absolute atomic E-state index is 0.00746. The molecular formula is C14H14ClN3O3. The number of aryl methyl sites for hydroxylation is 1. The Hall–Kier alpha value is -2.21. The van der Waals surface area contributed by atoms with Crippen LogP contribution in [0.2, 0.25) is 5.02 Å². The van der Waals surface area contributed by atoms with Crippen molar-refractivity contribution in [1.82, 2.24) is 15.0 Å². The lowest BCUT2D eigenvalue weighted by atomic mass is 10.2. The van der Waals surface area contributed by atoms with Gasteiger partial charge in [-0.15, -0.1) is 0 Å². The molecule has 0 amide bonds. The fourth-order valence-electron chi connectivity index (χ4n) is 1.76. The first-order chi connectivity index (χ1) is 10.1. The SMILES string of the molecule is CCOC(=O)CCc1nc(-c2cccnc2)[nH]c(=O)c1Cl. The summed E-state index contributed by atoms with van der Waals surface area (Å²) in [7, 11) is 0. The van der Waals surface area contributed by atoms with Gasteiger partial charge < -0.3 is 9.72 Å². The molecule has 0 saturated carbocycles. The number of nitrogens with zero attached hydrogens (tertiary/aromatic N) is 2. The van der Waals surface area contributed by atoms with Gasteiger partial charge in [-0.05, 0) is 19.1 Å². The molecule has 0 radical (unpaired) electrons. The zero-order chi connectivity index (χ0) is 15.2. The van der Waals surface area contributed by atoms with Gasteiger partial charge >= 0.3 is 5.97 Å². The van der Waals surface area contributed by atoms with Crippen molar-refractivity contribution in [1.29, 1.82) is 0 Å². The molecule has 21 heavy (non-hydrogen) atoms. The van der Waals surface area contributed by atoms with Gasteiger partial charge in [0, 0.05) is 24.4 Å². The molecule has 7 heteroatoms. The largest absolute Gasteiger partial charge is 0.466 e. The van der Waals surface area contributed by atoms with Gasteiger partial charge in [0.2, 0.25) is 0 Å². The van der Waals surface area contributed by atoms with Gasteiger partial charge in [0.25, 0.3) is 5.56 Å². The van der Waals surface area contributed by atoms with E-state index in [1.165, 1.54) is 0 Å². The predicted molar refractivity (Wildman–Crippen MR) is 78.1 cm³/mol. The summed E-state index contributed by atoms with van der Waals surface area (Å²) in [6.45, 7) is 2.05. The zero-order valence-electron chi connectivity index (χ0n) is 11.4. The van der Waals surface area contributed by atoms with Crippen molar-refractivity contribution < 1.29 is 9.53 Å². The lowest BCUT2D eigenvalue weighted by Gasteiger charge is -2.06. The first-order valence-corrected chi connectivity index (χ1v) is 6.84. The molecule has 0 spiro atoms. The molecule has 6 nitrogen and oxygen atoms in total. The van der Waals surface area contributed by atoms with Gasteiger partial charge in [-0.2, -0.15) is 0 Å². The molecule has 1 N–H and O–H groups in total. The van der Waals surface area contributed by atoms with Crippen molar-refractivity contribution >= 4 is 17.6 Å². The van der Waals surface area contributed by atoms with Crippen LogP contribution < -0.4 is 5.56 Å². The van der Waals surface area contributed by atoms with Crippen molar-refractivity contribution in [3.63, 3.8) is 0 Å². The van der Waals surface area contributed by atoms with Crippen LogP contribution in [0.5, 0.6) is 0 Å². The van der Waals surface area contributed by atoms with Crippen LogP contribution in [0.3, 0.4) is 0 Å². The number of aromatic nitrogens is 3. The number of halogens is 1. The molecule has 0 bridgehead atoms. The van der Waals surface area contributed by atoms with Crippen LogP contribution in [-0.2, 0) is 16.0 Å². The Bertz CT molecular complexity index is 686. The molecule has 2 aromatic heterocycles. The molecule has 2 aromatic rings. The maximum absolute atomic E-state index is 11.8. The number of nitrogens with one attached hydrogen (secondary N) is 1. The van der Waals surface area contributed by atoms with Crippen LogP contribution >= 0.6 is 11.6 Å². The van der Waals surface area contributed by atoms with Crippen molar-refractivity contribution in [2.24, 2.45) is 0 Å². The van der Waals surface area contributed by atoms with E-state index >= 15 is 0 Å². The van der Waals surface area contributed by atoms with E-state index in [4.69, 9.17) is 16.3 Å². The summed E-state index contributed by atoms with van der Waals surface area (Å²) in [4.78, 5) is 34.1. The van der Waals surface area contributed by atoms with Crippen LogP contribution in [0.25, 0.3) is 11.4 Å². The Kier molecular flexibility index (Phi) is 5.05. The van der Waals surface area contributed by atoms with E-state index in [9.17, 15) is 9.59 Å². The summed E-state index contributed by atoms with van der Waals surface area (Å²) in [5.74, 6) is 0.0231. The third kappa shape index (κ3) is 3.88. The van der Waals surface area contributed by atoms with Crippen LogP contribution in [0.1, 0.15) is 19.0 Å². The van der Waals surface area contributed by atoms with Gasteiger partial charge in [-0.3, -0.25) is 14.6 Å². The molecule has 0 aliphatic heterocycles. The number of ether oxygens (including phenoxy) is 1. The predicted octanol–water partition coefficient (Wildman–Crippen LogP) is 1.98. The molecule has 0 unspecified atom stereocenters. The van der Waals surface area contributed by atoms with Gasteiger partial charge in [-0.25, -0.2) is 4.98 Å². The van der Waals surface area contributed by atoms with E-state index < -0.39 is 5.56 Å². The molecular weight excluding hydrogens is 294 g/mol. The number of esters is 1. The minimum atomic E-state index is -0.440. The topological polar surface area (TPSA) is 84.9 Å². The van der Waals surface area contributed by atoms with E-state index in [-0.39, 0.29) is 23.8 Å². The smallest absolute Gasteiger partial charge is 0.306 e. The number of carbonyl (C=O) groups is 1. The zero-order valence-corrected chi connectivity index (χ0v) is 12.2. The molecule has 0 aromatic carbocycles. The standard InChI is InChI=1S/C14H14ClN3O3/c1-2-21-11(19)6-5-10-12(15)14(20)18-13(17-10)9-4-3-7-16-8-9/h3-4,7-8H,2,5-6H2,1H3,(H,17,18,20). The number of hydrogen-bond acceptors (Lipinski definition) is 5. The van der Waals surface area contributed by atoms with Crippen molar-refractivity contribution in [2.45, 2.75) is 19.8 Å². The number of rotatable bonds is 5. The second-order valence-corrected chi connectivity index (χ2v) is 4.60. The second-order valence-electron chi connectivity index (χ2n) is 4.22. The maximum Gasteiger partial charge on any atom is 0.306 e. The van der Waals surface area contributed by atoms with Crippen LogP contribution in [0.15, 0.2) is 29.3 Å². The molecule has 0 fully saturated rings. The first-order valence-electron chi connectivity index (χ1n) is 6.46. The third-order valence-corrected chi connectivity index (χ3v) is 3.13. The second kappa shape index (κ2) is 6.99. The Labute approximate surface area is 126 Å². The molecule has 2 heterocycles. The minimum Gasteiger partial charge on any atom is -0.466 e. The molecule has 0 aliphatic rings. The quantitative estimate of drug-likeness (QED) is 0.854. The van der Waals surface area contributed by atoms with Crippen LogP contribution in [0.4, 0.5) is 0 Å². The first kappa shape index (κ1) is 15.2. The number of H-pyrrole nitrogens is 1. The Morgan fingerprint density at radius 3 is 2.95 bits per heavy atom. The third-order valence-electron chi connectivity index (χ3n) is 2.74. The van der Waals surface area contributed by atoms with Crippen LogP contribution in [-0.4, -0.2) is 27.5 Å². The van der Waals surface area contributed by atoms with Gasteiger partial charge in [0.1, 0.15) is 10.8 Å². The van der Waals surface area contributed by atoms with Gasteiger partial charge in [-0.1, -0.05) is 11.6 Å². The summed E-state index contributed by atoms with van der Waals surface area (Å²) < 4.78 is 4.84. The summed E-state index contributed by atoms with van der Waals surface area (Å²) in [5.41, 5.74) is 0.598. The van der Waals surface area contributed by atoms with E-state index in [2.05, 4.69) is 15.0 Å². The number of hydrogen-bond donors (Lipinski definition) is 1. The molecule has 0 saturated heterocycles. The lowest BCUT2D eigenvalue weighted by Crippen LogP contribution is -2.15. The monoisotopic (exact) mass is 307 g/mol. The van der Waals surface area contributed by atoms with E-state index in [0.29, 0.717) is 23.7 Å². The summed E-state index contributed by atoms with van der Waals surface area (Å²) >= 11 is 5.94. The Morgan fingerprint density at radius 2 is 2.29 bits per heavy atom. The summed E-state index contributed by atoms with van der Waals surface area (Å²) in [6.07, 6.45) is 3.58. The number of carbonyl (C=O) groups excluding carboxylic acids is 1. The number of aromatic amines is 1. The van der Waals surface area contributed by atoms with Crippen molar-refractivity contribution in [2.75, 3.05) is 6.61 Å². The lowest BCUT2D eigenvalue weighted by molar-refractivity contribution is -0.143. The fourth-order valence-corrected chi connectivity index (χ4v) is 1.95. The van der Waals surface area contributed by atoms with E-state index in [0.717, 1.165) is 0 Å². The highest BCUT2D eigenvalue weighted by atomic mass is 35.5. The van der Waals surface area contributed by atoms with Gasteiger partial charge in [0.15, 0.2) is 0 Å². The van der Waals surface area contributed by atoms with E-state index in [1.807, 2.05) is 0 Å². The maximum atomic E-state index is 11.8. The summed E-state index contributed by atoms with van der Waals surface area (Å²) in [5, 5.41) is -0.00746. The van der Waals surface area contributed by atoms with Crippen LogP contribution in [0, 0.1) is 0 Å². The molecule has 110 valence electrons. The van der Waals surface area contributed by atoms with Crippen molar-refractivity contribution in [3.05, 3.63) is 45.6 Å². The highest BCUT2D eigenvalue weighted by Gasteiger charge is 2.13. The Morgan fingerprint density at radius 1 is 1.48 bits per heavy atom. The average Bonchev–Trinajstić information content (AvgIpc) is 2.50. The Balaban J connectivity index is 2.27. The highest BCUT2D eigenvalue weighted by Crippen LogP contribution is 2.16. The molecule has 0 aliphatic carbocycles. The summed E-state index contributed by atoms with van der Waals surface area (Å²) in [6, 6.07) is 3.51. The fraction of sp³-hybridized carbons (Fsp3) is 0.286. The van der Waals surface area contributed by atoms with Crippen molar-refractivity contribution in [3.8, 4) is 11.4 Å².